The second-order valence-electron chi connectivity index (χ2n) is 12.1. The predicted molar refractivity (Wildman–Crippen MR) is 119 cm³/mol. The molecule has 170 valence electrons. The summed E-state index contributed by atoms with van der Waals surface area (Å²) in [5, 5.41) is 2.18. The van der Waals surface area contributed by atoms with Crippen LogP contribution in [0.3, 0.4) is 0 Å². The van der Waals surface area contributed by atoms with E-state index in [1.165, 1.54) is 0 Å². The van der Waals surface area contributed by atoms with Crippen LogP contribution in [0.2, 0.25) is 18.1 Å². The highest BCUT2D eigenvalue weighted by Crippen LogP contribution is 2.40. The minimum absolute atomic E-state index is 0.0187. The van der Waals surface area contributed by atoms with E-state index in [-0.39, 0.29) is 34.9 Å². The monoisotopic (exact) mass is 428 g/mol. The van der Waals surface area contributed by atoms with Crippen molar-refractivity contribution in [2.24, 2.45) is 0 Å². The van der Waals surface area contributed by atoms with Crippen LogP contribution in [0.5, 0.6) is 0 Å². The summed E-state index contributed by atoms with van der Waals surface area (Å²) in [6, 6.07) is -0.0213. The number of ether oxygens (including phenoxy) is 1. The molecule has 2 fully saturated rings. The van der Waals surface area contributed by atoms with Gasteiger partial charge in [-0.15, -0.1) is 0 Å². The number of nitrogens with zero attached hydrogens (tertiary/aromatic N) is 2. The van der Waals surface area contributed by atoms with E-state index in [0.29, 0.717) is 6.54 Å². The Bertz CT molecular complexity index is 589. The molecule has 1 amide bonds. The molecule has 2 aliphatic rings. The smallest absolute Gasteiger partial charge is 0.410 e. The van der Waals surface area contributed by atoms with Gasteiger partial charge in [-0.05, 0) is 72.5 Å². The summed E-state index contributed by atoms with van der Waals surface area (Å²) in [6.45, 7) is 24.9. The summed E-state index contributed by atoms with van der Waals surface area (Å²) >= 11 is 0. The fraction of sp³-hybridized carbons (Fsp3) is 0.955. The third-order valence-electron chi connectivity index (χ3n) is 6.26. The fourth-order valence-electron chi connectivity index (χ4n) is 3.66. The van der Waals surface area contributed by atoms with Gasteiger partial charge in [0, 0.05) is 18.6 Å². The molecular formula is C22H44N2O4Si. The molecule has 3 atom stereocenters. The lowest BCUT2D eigenvalue weighted by atomic mass is 10.0. The number of hydrogen-bond acceptors (Lipinski definition) is 5. The average Bonchev–Trinajstić information content (AvgIpc) is 3.09. The number of likely N-dealkylation sites (tertiary alicyclic amines) is 1. The van der Waals surface area contributed by atoms with E-state index >= 15 is 0 Å². The molecule has 0 aromatic rings. The molecular weight excluding hydrogens is 384 g/mol. The SMILES string of the molecule is CC(C)(C)OC(=O)N1C[C@H](O[Si](C)(C)C(C)(C)C)C[C@H]1[C@H]1CCN(C(C)(C)C)O1. The molecule has 2 aliphatic heterocycles. The van der Waals surface area contributed by atoms with Crippen molar-refractivity contribution in [2.45, 2.75) is 123 Å². The number of carbonyl (C=O) groups is 1. The van der Waals surface area contributed by atoms with E-state index in [1.807, 2.05) is 30.7 Å². The van der Waals surface area contributed by atoms with Gasteiger partial charge >= 0.3 is 6.09 Å². The number of carbonyl (C=O) groups excluding carboxylic acids is 1. The van der Waals surface area contributed by atoms with E-state index in [1.54, 1.807) is 0 Å². The number of rotatable bonds is 3. The molecule has 0 aliphatic carbocycles. The first kappa shape index (κ1) is 24.6. The molecule has 0 radical (unpaired) electrons. The number of hydroxylamine groups is 2. The Balaban J connectivity index is 2.18. The van der Waals surface area contributed by atoms with Crippen LogP contribution in [0.15, 0.2) is 0 Å². The van der Waals surface area contributed by atoms with E-state index in [0.717, 1.165) is 19.4 Å². The van der Waals surface area contributed by atoms with Gasteiger partial charge in [-0.1, -0.05) is 20.8 Å². The van der Waals surface area contributed by atoms with E-state index in [4.69, 9.17) is 14.0 Å². The van der Waals surface area contributed by atoms with Crippen molar-refractivity contribution in [1.29, 1.82) is 0 Å². The third kappa shape index (κ3) is 6.18. The van der Waals surface area contributed by atoms with E-state index in [9.17, 15) is 4.79 Å². The van der Waals surface area contributed by atoms with Crippen LogP contribution in [0.25, 0.3) is 0 Å². The van der Waals surface area contributed by atoms with Gasteiger partial charge in [0.05, 0.1) is 12.1 Å². The molecule has 0 unspecified atom stereocenters. The van der Waals surface area contributed by atoms with Crippen LogP contribution in [-0.4, -0.2) is 66.9 Å². The van der Waals surface area contributed by atoms with Crippen LogP contribution < -0.4 is 0 Å². The van der Waals surface area contributed by atoms with Gasteiger partial charge in [0.25, 0.3) is 0 Å². The first-order chi connectivity index (χ1) is 12.9. The molecule has 0 saturated carbocycles. The highest BCUT2D eigenvalue weighted by molar-refractivity contribution is 6.74. The first-order valence-corrected chi connectivity index (χ1v) is 13.9. The Labute approximate surface area is 179 Å². The van der Waals surface area contributed by atoms with E-state index in [2.05, 4.69) is 54.6 Å². The van der Waals surface area contributed by atoms with Crippen molar-refractivity contribution in [3.05, 3.63) is 0 Å². The van der Waals surface area contributed by atoms with Crippen LogP contribution in [-0.2, 0) is 14.0 Å². The topological polar surface area (TPSA) is 51.2 Å². The summed E-state index contributed by atoms with van der Waals surface area (Å²) in [6.07, 6.45) is 1.46. The number of amides is 1. The zero-order valence-corrected chi connectivity index (χ0v) is 21.6. The quantitative estimate of drug-likeness (QED) is 0.579. The van der Waals surface area contributed by atoms with Gasteiger partial charge in [-0.3, -0.25) is 9.74 Å². The van der Waals surface area contributed by atoms with Crippen molar-refractivity contribution in [1.82, 2.24) is 9.96 Å². The van der Waals surface area contributed by atoms with Crippen molar-refractivity contribution in [2.75, 3.05) is 13.1 Å². The molecule has 0 N–H and O–H groups in total. The molecule has 7 heteroatoms. The van der Waals surface area contributed by atoms with Crippen molar-refractivity contribution < 1.29 is 18.8 Å². The molecule has 2 heterocycles. The maximum absolute atomic E-state index is 13.0. The lowest BCUT2D eigenvalue weighted by Crippen LogP contribution is -2.47. The lowest BCUT2D eigenvalue weighted by Gasteiger charge is -2.38. The van der Waals surface area contributed by atoms with Gasteiger partial charge in [0.2, 0.25) is 0 Å². The zero-order chi connectivity index (χ0) is 22.4. The van der Waals surface area contributed by atoms with Crippen LogP contribution in [0, 0.1) is 0 Å². The van der Waals surface area contributed by atoms with Gasteiger partial charge in [-0.25, -0.2) is 4.79 Å². The van der Waals surface area contributed by atoms with Crippen LogP contribution in [0.4, 0.5) is 4.79 Å². The second kappa shape index (κ2) is 8.13. The third-order valence-corrected chi connectivity index (χ3v) is 10.8. The standard InChI is InChI=1S/C22H44N2O4Si/c1-20(2,3)24-13-12-18(27-24)17-14-16(28-29(10,11)22(7,8)9)15-23(17)19(25)26-21(4,5)6/h16-18H,12-15H2,1-11H3/t16-,17+,18-/m1/s1. The Kier molecular flexibility index (Phi) is 6.91. The Morgan fingerprint density at radius 2 is 1.62 bits per heavy atom. The van der Waals surface area contributed by atoms with Crippen molar-refractivity contribution in [3.63, 3.8) is 0 Å². The highest BCUT2D eigenvalue weighted by Gasteiger charge is 2.48. The molecule has 0 aromatic heterocycles. The lowest BCUT2D eigenvalue weighted by molar-refractivity contribution is -0.204. The van der Waals surface area contributed by atoms with E-state index < -0.39 is 13.9 Å². The van der Waals surface area contributed by atoms with Crippen molar-refractivity contribution in [3.8, 4) is 0 Å². The molecule has 2 saturated heterocycles. The van der Waals surface area contributed by atoms with Gasteiger partial charge < -0.3 is 9.16 Å². The summed E-state index contributed by atoms with van der Waals surface area (Å²) in [5.41, 5.74) is -0.574. The van der Waals surface area contributed by atoms with Crippen molar-refractivity contribution >= 4 is 14.4 Å². The Morgan fingerprint density at radius 3 is 2.07 bits per heavy atom. The first-order valence-electron chi connectivity index (χ1n) is 11.0. The summed E-state index contributed by atoms with van der Waals surface area (Å²) in [4.78, 5) is 21.2. The highest BCUT2D eigenvalue weighted by atomic mass is 28.4. The minimum atomic E-state index is -1.92. The maximum Gasteiger partial charge on any atom is 0.410 e. The molecule has 0 aromatic carbocycles. The molecule has 6 nitrogen and oxygen atoms in total. The van der Waals surface area contributed by atoms with Gasteiger partial charge in [0.15, 0.2) is 8.32 Å². The Morgan fingerprint density at radius 1 is 1.03 bits per heavy atom. The molecule has 0 spiro atoms. The van der Waals surface area contributed by atoms with Gasteiger partial charge in [-0.2, -0.15) is 5.06 Å². The predicted octanol–water partition coefficient (Wildman–Crippen LogP) is 5.19. The molecule has 2 rings (SSSR count). The van der Waals surface area contributed by atoms with Gasteiger partial charge in [0.1, 0.15) is 11.7 Å². The zero-order valence-electron chi connectivity index (χ0n) is 20.6. The molecule has 29 heavy (non-hydrogen) atoms. The summed E-state index contributed by atoms with van der Waals surface area (Å²) in [7, 11) is -1.92. The Hall–Kier alpha value is -0.633. The molecule has 0 bridgehead atoms. The summed E-state index contributed by atoms with van der Waals surface area (Å²) < 4.78 is 12.4. The normalized spacial score (nSPS) is 27.6. The second-order valence-corrected chi connectivity index (χ2v) is 16.9. The number of hydrogen-bond donors (Lipinski definition) is 0. The van der Waals surface area contributed by atoms with Crippen LogP contribution in [0.1, 0.15) is 75.2 Å². The van der Waals surface area contributed by atoms with Crippen LogP contribution >= 0.6 is 0 Å². The maximum atomic E-state index is 13.0. The average molecular weight is 429 g/mol. The minimum Gasteiger partial charge on any atom is -0.444 e. The summed E-state index contributed by atoms with van der Waals surface area (Å²) in [5.74, 6) is 0. The fourth-order valence-corrected chi connectivity index (χ4v) is 5.01. The largest absolute Gasteiger partial charge is 0.444 e.